The van der Waals surface area contributed by atoms with E-state index in [4.69, 9.17) is 4.74 Å². The minimum atomic E-state index is -1.12. The van der Waals surface area contributed by atoms with Crippen LogP contribution in [-0.2, 0) is 9.53 Å². The van der Waals surface area contributed by atoms with Crippen LogP contribution < -0.4 is 0 Å². The highest BCUT2D eigenvalue weighted by Crippen LogP contribution is 2.25. The number of nitrogens with zero attached hydrogens (tertiary/aromatic N) is 1. The van der Waals surface area contributed by atoms with Crippen molar-refractivity contribution in [3.05, 3.63) is 11.6 Å². The lowest BCUT2D eigenvalue weighted by Crippen LogP contribution is -2.44. The van der Waals surface area contributed by atoms with E-state index in [1.165, 1.54) is 10.5 Å². The zero-order valence-electron chi connectivity index (χ0n) is 13.7. The van der Waals surface area contributed by atoms with Crippen LogP contribution in [0.25, 0.3) is 0 Å². The number of carbonyl (C=O) groups is 2. The third-order valence-corrected chi connectivity index (χ3v) is 3.71. The zero-order chi connectivity index (χ0) is 16.2. The number of amides is 2. The molecule has 0 radical (unpaired) electrons. The quantitative estimate of drug-likeness (QED) is 0.766. The highest BCUT2D eigenvalue weighted by Gasteiger charge is 2.41. The van der Waals surface area contributed by atoms with Gasteiger partial charge in [0.15, 0.2) is 0 Å². The van der Waals surface area contributed by atoms with Gasteiger partial charge in [-0.25, -0.2) is 9.69 Å². The van der Waals surface area contributed by atoms with E-state index in [1.54, 1.807) is 6.92 Å². The van der Waals surface area contributed by atoms with Gasteiger partial charge in [0, 0.05) is 0 Å². The topological polar surface area (TPSA) is 66.8 Å². The Balaban J connectivity index is 2.66. The Morgan fingerprint density at radius 3 is 2.67 bits per heavy atom. The molecule has 21 heavy (non-hydrogen) atoms. The third-order valence-electron chi connectivity index (χ3n) is 3.71. The maximum atomic E-state index is 12.3. The monoisotopic (exact) mass is 297 g/mol. The highest BCUT2D eigenvalue weighted by molar-refractivity contribution is 5.94. The van der Waals surface area contributed by atoms with E-state index >= 15 is 0 Å². The summed E-state index contributed by atoms with van der Waals surface area (Å²) in [6, 6.07) is -0.237. The summed E-state index contributed by atoms with van der Waals surface area (Å²) in [7, 11) is 0. The molecule has 1 saturated heterocycles. The van der Waals surface area contributed by atoms with Gasteiger partial charge in [-0.15, -0.1) is 0 Å². The fraction of sp³-hybridized carbons (Fsp3) is 0.750. The molecule has 1 rings (SSSR count). The molecule has 0 aromatic rings. The van der Waals surface area contributed by atoms with Crippen LogP contribution in [0.3, 0.4) is 0 Å². The van der Waals surface area contributed by atoms with Gasteiger partial charge in [0.2, 0.25) is 5.91 Å². The van der Waals surface area contributed by atoms with Crippen molar-refractivity contribution in [3.63, 3.8) is 0 Å². The molecule has 0 spiro atoms. The molecule has 0 bridgehead atoms. The van der Waals surface area contributed by atoms with Gasteiger partial charge >= 0.3 is 6.09 Å². The molecule has 0 aromatic heterocycles. The van der Waals surface area contributed by atoms with Gasteiger partial charge in [0.25, 0.3) is 0 Å². The van der Waals surface area contributed by atoms with Crippen LogP contribution in [0.4, 0.5) is 4.79 Å². The van der Waals surface area contributed by atoms with Gasteiger partial charge in [-0.1, -0.05) is 25.5 Å². The average Bonchev–Trinajstić information content (AvgIpc) is 2.69. The second-order valence-corrected chi connectivity index (χ2v) is 6.65. The summed E-state index contributed by atoms with van der Waals surface area (Å²) in [5, 5.41) is 10.3. The Morgan fingerprint density at radius 2 is 2.14 bits per heavy atom. The van der Waals surface area contributed by atoms with Crippen molar-refractivity contribution in [1.29, 1.82) is 0 Å². The van der Waals surface area contributed by atoms with Gasteiger partial charge < -0.3 is 9.84 Å². The minimum absolute atomic E-state index is 0.0675. The predicted octanol–water partition coefficient (Wildman–Crippen LogP) is 2.88. The van der Waals surface area contributed by atoms with E-state index in [0.29, 0.717) is 12.8 Å². The van der Waals surface area contributed by atoms with Gasteiger partial charge in [-0.05, 0) is 39.5 Å². The Labute approximate surface area is 127 Å². The fourth-order valence-corrected chi connectivity index (χ4v) is 2.38. The van der Waals surface area contributed by atoms with Crippen LogP contribution in [0.5, 0.6) is 0 Å². The molecule has 0 aliphatic carbocycles. The molecule has 0 saturated carbocycles. The van der Waals surface area contributed by atoms with E-state index in [-0.39, 0.29) is 30.9 Å². The van der Waals surface area contributed by atoms with Crippen molar-refractivity contribution >= 4 is 12.0 Å². The number of ether oxygens (including phenoxy) is 1. The first-order valence-electron chi connectivity index (χ1n) is 7.48. The Bertz CT molecular complexity index is 422. The third kappa shape index (κ3) is 5.16. The minimum Gasteiger partial charge on any atom is -0.447 e. The summed E-state index contributed by atoms with van der Waals surface area (Å²) in [6.07, 6.45) is 2.56. The van der Waals surface area contributed by atoms with Crippen molar-refractivity contribution in [3.8, 4) is 0 Å². The van der Waals surface area contributed by atoms with E-state index in [2.05, 4.69) is 0 Å². The predicted molar refractivity (Wildman–Crippen MR) is 80.7 cm³/mol. The van der Waals surface area contributed by atoms with Gasteiger partial charge in [-0.3, -0.25) is 4.79 Å². The van der Waals surface area contributed by atoms with Crippen molar-refractivity contribution in [1.82, 2.24) is 4.90 Å². The number of carbonyl (C=O) groups excluding carboxylic acids is 2. The van der Waals surface area contributed by atoms with E-state index in [0.717, 1.165) is 0 Å². The molecule has 0 aromatic carbocycles. The molecule has 2 atom stereocenters. The molecule has 2 amide bonds. The first-order chi connectivity index (χ1) is 9.64. The lowest BCUT2D eigenvalue weighted by molar-refractivity contribution is -0.134. The smallest absolute Gasteiger partial charge is 0.416 e. The number of cyclic esters (lactones) is 1. The summed E-state index contributed by atoms with van der Waals surface area (Å²) in [5.74, 6) is -0.227. The van der Waals surface area contributed by atoms with Crippen LogP contribution in [-0.4, -0.2) is 40.3 Å². The van der Waals surface area contributed by atoms with E-state index in [9.17, 15) is 14.7 Å². The second-order valence-electron chi connectivity index (χ2n) is 6.65. The van der Waals surface area contributed by atoms with E-state index in [1.807, 2.05) is 33.8 Å². The lowest BCUT2D eigenvalue weighted by Gasteiger charge is -2.27. The van der Waals surface area contributed by atoms with Gasteiger partial charge in [0.05, 0.1) is 18.1 Å². The van der Waals surface area contributed by atoms with Crippen LogP contribution >= 0.6 is 0 Å². The maximum Gasteiger partial charge on any atom is 0.416 e. The summed E-state index contributed by atoms with van der Waals surface area (Å²) in [6.45, 7) is 9.75. The lowest BCUT2D eigenvalue weighted by atomic mass is 9.94. The molecule has 1 N–H and O–H groups in total. The second kappa shape index (κ2) is 7.07. The normalized spacial score (nSPS) is 21.2. The molecule has 120 valence electrons. The number of hydrogen-bond acceptors (Lipinski definition) is 4. The number of allylic oxidation sites excluding steroid dienone is 2. The standard InChI is InChI=1S/C16H27NO4/c1-11(2)7-6-8-16(5,20)9-14(18)17-13(12(3)4)10-21-15(17)19/h7,12-13,20H,6,8-10H2,1-5H3/t13-,16?/m0/s1. The molecule has 5 heteroatoms. The number of imide groups is 1. The Hall–Kier alpha value is -1.36. The Kier molecular flexibility index (Phi) is 5.96. The first-order valence-corrected chi connectivity index (χ1v) is 7.48. The molecule has 1 unspecified atom stereocenters. The molecule has 5 nitrogen and oxygen atoms in total. The number of rotatable bonds is 6. The molecule has 1 heterocycles. The zero-order valence-corrected chi connectivity index (χ0v) is 13.7. The van der Waals surface area contributed by atoms with Crippen LogP contribution in [0, 0.1) is 5.92 Å². The van der Waals surface area contributed by atoms with Gasteiger partial charge in [-0.2, -0.15) is 0 Å². The molecular formula is C16H27NO4. The first kappa shape index (κ1) is 17.7. The van der Waals surface area contributed by atoms with E-state index < -0.39 is 11.7 Å². The summed E-state index contributed by atoms with van der Waals surface area (Å²) in [5.41, 5.74) is 0.0630. The van der Waals surface area contributed by atoms with Crippen LogP contribution in [0.1, 0.15) is 53.9 Å². The molecule has 1 aliphatic heterocycles. The summed E-state index contributed by atoms with van der Waals surface area (Å²) >= 11 is 0. The molecule has 1 aliphatic rings. The van der Waals surface area contributed by atoms with Crippen LogP contribution in [0.2, 0.25) is 0 Å². The fourth-order valence-electron chi connectivity index (χ4n) is 2.38. The average molecular weight is 297 g/mol. The SMILES string of the molecule is CC(C)=CCCC(C)(O)CC(=O)N1C(=O)OC[C@H]1C(C)C. The summed E-state index contributed by atoms with van der Waals surface area (Å²) < 4.78 is 4.96. The molecular weight excluding hydrogens is 270 g/mol. The van der Waals surface area contributed by atoms with Crippen molar-refractivity contribution in [2.24, 2.45) is 5.92 Å². The van der Waals surface area contributed by atoms with Gasteiger partial charge in [0.1, 0.15) is 6.61 Å². The largest absolute Gasteiger partial charge is 0.447 e. The molecule has 1 fully saturated rings. The highest BCUT2D eigenvalue weighted by atomic mass is 16.6. The van der Waals surface area contributed by atoms with Crippen molar-refractivity contribution in [2.75, 3.05) is 6.61 Å². The number of hydrogen-bond donors (Lipinski definition) is 1. The maximum absolute atomic E-state index is 12.3. The van der Waals surface area contributed by atoms with Crippen molar-refractivity contribution in [2.45, 2.75) is 65.5 Å². The summed E-state index contributed by atoms with van der Waals surface area (Å²) in [4.78, 5) is 25.2. The Morgan fingerprint density at radius 1 is 1.52 bits per heavy atom. The van der Waals surface area contributed by atoms with Crippen molar-refractivity contribution < 1.29 is 19.4 Å². The number of aliphatic hydroxyl groups is 1. The van der Waals surface area contributed by atoms with Crippen LogP contribution in [0.15, 0.2) is 11.6 Å².